The lowest BCUT2D eigenvalue weighted by Gasteiger charge is -2.23. The van der Waals surface area contributed by atoms with Gasteiger partial charge in [0, 0.05) is 25.6 Å². The maximum absolute atomic E-state index is 12.8. The van der Waals surface area contributed by atoms with Gasteiger partial charge in [0.2, 0.25) is 5.91 Å². The predicted octanol–water partition coefficient (Wildman–Crippen LogP) is 2.16. The van der Waals surface area contributed by atoms with Gasteiger partial charge in [-0.25, -0.2) is 0 Å². The summed E-state index contributed by atoms with van der Waals surface area (Å²) >= 11 is 0. The molecule has 1 aromatic carbocycles. The van der Waals surface area contributed by atoms with E-state index in [1.165, 1.54) is 12.1 Å². The molecule has 0 aliphatic carbocycles. The number of carbonyl (C=O) groups is 1. The Hall–Kier alpha value is -1.31. The van der Waals surface area contributed by atoms with Crippen LogP contribution in [-0.4, -0.2) is 38.3 Å². The zero-order chi connectivity index (χ0) is 16.0. The van der Waals surface area contributed by atoms with E-state index < -0.39 is 11.7 Å². The summed E-state index contributed by atoms with van der Waals surface area (Å²) in [6.07, 6.45) is -3.96. The van der Waals surface area contributed by atoms with Crippen molar-refractivity contribution in [3.8, 4) is 0 Å². The minimum absolute atomic E-state index is 0. The van der Waals surface area contributed by atoms with Crippen molar-refractivity contribution in [1.82, 2.24) is 10.6 Å². The summed E-state index contributed by atoms with van der Waals surface area (Å²) in [7, 11) is 0. The molecule has 0 saturated carbocycles. The molecule has 1 atom stereocenters. The first-order chi connectivity index (χ1) is 10.5. The monoisotopic (exact) mass is 352 g/mol. The molecular weight excluding hydrogens is 333 g/mol. The Morgan fingerprint density at radius 3 is 2.74 bits per heavy atom. The molecule has 1 aliphatic heterocycles. The van der Waals surface area contributed by atoms with Crippen molar-refractivity contribution in [3.63, 3.8) is 0 Å². The summed E-state index contributed by atoms with van der Waals surface area (Å²) < 4.78 is 43.7. The summed E-state index contributed by atoms with van der Waals surface area (Å²) in [4.78, 5) is 11.8. The van der Waals surface area contributed by atoms with Crippen molar-refractivity contribution in [2.24, 2.45) is 0 Å². The molecule has 1 amide bonds. The fourth-order valence-electron chi connectivity index (χ4n) is 2.40. The van der Waals surface area contributed by atoms with E-state index in [4.69, 9.17) is 4.74 Å². The SMILES string of the molecule is Cl.O=C(CC1COCCN1)NCCc1ccccc1C(F)(F)F. The van der Waals surface area contributed by atoms with Crippen molar-refractivity contribution in [2.45, 2.75) is 25.1 Å². The zero-order valence-corrected chi connectivity index (χ0v) is 13.3. The second-order valence-corrected chi connectivity index (χ2v) is 5.18. The van der Waals surface area contributed by atoms with E-state index in [0.29, 0.717) is 19.8 Å². The van der Waals surface area contributed by atoms with Gasteiger partial charge in [-0.3, -0.25) is 4.79 Å². The molecular formula is C15H20ClF3N2O2. The Bertz CT molecular complexity index is 506. The summed E-state index contributed by atoms with van der Waals surface area (Å²) in [5, 5.41) is 5.81. The molecule has 4 nitrogen and oxygen atoms in total. The minimum Gasteiger partial charge on any atom is -0.378 e. The van der Waals surface area contributed by atoms with Gasteiger partial charge in [-0.1, -0.05) is 18.2 Å². The highest BCUT2D eigenvalue weighted by molar-refractivity contribution is 5.85. The number of halogens is 4. The van der Waals surface area contributed by atoms with Crippen LogP contribution in [0, 0.1) is 0 Å². The molecule has 0 aromatic heterocycles. The molecule has 0 spiro atoms. The normalized spacial score (nSPS) is 18.1. The van der Waals surface area contributed by atoms with Crippen molar-refractivity contribution < 1.29 is 22.7 Å². The van der Waals surface area contributed by atoms with Crippen LogP contribution in [-0.2, 0) is 22.1 Å². The van der Waals surface area contributed by atoms with Crippen LogP contribution < -0.4 is 10.6 Å². The fraction of sp³-hybridized carbons (Fsp3) is 0.533. The number of morpholine rings is 1. The number of amides is 1. The summed E-state index contributed by atoms with van der Waals surface area (Å²) in [6.45, 7) is 1.99. The second kappa shape index (κ2) is 9.10. The largest absolute Gasteiger partial charge is 0.416 e. The van der Waals surface area contributed by atoms with Crippen molar-refractivity contribution in [3.05, 3.63) is 35.4 Å². The first-order valence-electron chi connectivity index (χ1n) is 7.20. The van der Waals surface area contributed by atoms with Gasteiger partial charge >= 0.3 is 6.18 Å². The van der Waals surface area contributed by atoms with E-state index in [1.54, 1.807) is 6.07 Å². The molecule has 2 N–H and O–H groups in total. The molecule has 130 valence electrons. The van der Waals surface area contributed by atoms with E-state index in [0.717, 1.165) is 6.07 Å². The smallest absolute Gasteiger partial charge is 0.378 e. The van der Waals surface area contributed by atoms with Gasteiger partial charge in [0.15, 0.2) is 0 Å². The molecule has 1 unspecified atom stereocenters. The third kappa shape index (κ3) is 6.37. The molecule has 0 bridgehead atoms. The molecule has 23 heavy (non-hydrogen) atoms. The third-order valence-corrected chi connectivity index (χ3v) is 3.47. The van der Waals surface area contributed by atoms with E-state index in [1.807, 2.05) is 0 Å². The van der Waals surface area contributed by atoms with E-state index in [9.17, 15) is 18.0 Å². The van der Waals surface area contributed by atoms with Gasteiger partial charge in [-0.05, 0) is 18.1 Å². The number of ether oxygens (including phenoxy) is 1. The lowest BCUT2D eigenvalue weighted by molar-refractivity contribution is -0.138. The first-order valence-corrected chi connectivity index (χ1v) is 7.20. The average molecular weight is 353 g/mol. The quantitative estimate of drug-likeness (QED) is 0.854. The molecule has 1 aromatic rings. The number of hydrogen-bond donors (Lipinski definition) is 2. The summed E-state index contributed by atoms with van der Waals surface area (Å²) in [5.41, 5.74) is -0.457. The van der Waals surface area contributed by atoms with E-state index in [2.05, 4.69) is 10.6 Å². The number of rotatable bonds is 5. The van der Waals surface area contributed by atoms with Crippen LogP contribution in [0.15, 0.2) is 24.3 Å². The Kier molecular flexibility index (Phi) is 7.81. The van der Waals surface area contributed by atoms with Gasteiger partial charge in [0.1, 0.15) is 0 Å². The lowest BCUT2D eigenvalue weighted by atomic mass is 10.0. The number of hydrogen-bond acceptors (Lipinski definition) is 3. The van der Waals surface area contributed by atoms with Gasteiger partial charge in [-0.2, -0.15) is 13.2 Å². The van der Waals surface area contributed by atoms with Gasteiger partial charge in [0.05, 0.1) is 18.8 Å². The van der Waals surface area contributed by atoms with Crippen LogP contribution >= 0.6 is 12.4 Å². The highest BCUT2D eigenvalue weighted by atomic mass is 35.5. The summed E-state index contributed by atoms with van der Waals surface area (Å²) in [5.74, 6) is -0.188. The number of nitrogens with one attached hydrogen (secondary N) is 2. The van der Waals surface area contributed by atoms with Crippen LogP contribution in [0.4, 0.5) is 13.2 Å². The molecule has 1 heterocycles. The Balaban J connectivity index is 0.00000264. The Morgan fingerprint density at radius 1 is 1.35 bits per heavy atom. The maximum atomic E-state index is 12.8. The van der Waals surface area contributed by atoms with Crippen LogP contribution in [0.1, 0.15) is 17.5 Å². The Labute approximate surface area is 139 Å². The van der Waals surface area contributed by atoms with Gasteiger partial charge in [-0.15, -0.1) is 12.4 Å². The van der Waals surface area contributed by atoms with E-state index >= 15 is 0 Å². The Morgan fingerprint density at radius 2 is 2.09 bits per heavy atom. The number of benzene rings is 1. The number of carbonyl (C=O) groups excluding carboxylic acids is 1. The highest BCUT2D eigenvalue weighted by Gasteiger charge is 2.32. The van der Waals surface area contributed by atoms with Crippen molar-refractivity contribution in [1.29, 1.82) is 0 Å². The standard InChI is InChI=1S/C15H19F3N2O2.ClH/c16-15(17,18)13-4-2-1-3-11(13)5-6-20-14(21)9-12-10-22-8-7-19-12;/h1-4,12,19H,5-10H2,(H,20,21);1H. The molecule has 1 aliphatic rings. The lowest BCUT2D eigenvalue weighted by Crippen LogP contribution is -2.44. The van der Waals surface area contributed by atoms with Gasteiger partial charge < -0.3 is 15.4 Å². The summed E-state index contributed by atoms with van der Waals surface area (Å²) in [6, 6.07) is 5.39. The topological polar surface area (TPSA) is 50.4 Å². The van der Waals surface area contributed by atoms with E-state index in [-0.39, 0.29) is 49.3 Å². The molecule has 2 rings (SSSR count). The minimum atomic E-state index is -4.37. The zero-order valence-electron chi connectivity index (χ0n) is 12.5. The number of alkyl halides is 3. The maximum Gasteiger partial charge on any atom is 0.416 e. The van der Waals surface area contributed by atoms with Crippen molar-refractivity contribution in [2.75, 3.05) is 26.3 Å². The third-order valence-electron chi connectivity index (χ3n) is 3.47. The molecule has 0 radical (unpaired) electrons. The van der Waals surface area contributed by atoms with Crippen LogP contribution in [0.5, 0.6) is 0 Å². The fourth-order valence-corrected chi connectivity index (χ4v) is 2.40. The average Bonchev–Trinajstić information content (AvgIpc) is 2.48. The van der Waals surface area contributed by atoms with Crippen LogP contribution in [0.2, 0.25) is 0 Å². The molecule has 1 saturated heterocycles. The first kappa shape index (κ1) is 19.7. The van der Waals surface area contributed by atoms with Crippen molar-refractivity contribution >= 4 is 18.3 Å². The van der Waals surface area contributed by atoms with Gasteiger partial charge in [0.25, 0.3) is 0 Å². The predicted molar refractivity (Wildman–Crippen MR) is 82.6 cm³/mol. The molecule has 1 fully saturated rings. The molecule has 8 heteroatoms. The van der Waals surface area contributed by atoms with Crippen LogP contribution in [0.3, 0.4) is 0 Å². The highest BCUT2D eigenvalue weighted by Crippen LogP contribution is 2.31. The van der Waals surface area contributed by atoms with Crippen LogP contribution in [0.25, 0.3) is 0 Å². The second-order valence-electron chi connectivity index (χ2n) is 5.18.